The van der Waals surface area contributed by atoms with E-state index in [4.69, 9.17) is 14.9 Å². The molecule has 3 aromatic rings. The van der Waals surface area contributed by atoms with Crippen LogP contribution in [0.15, 0.2) is 69.7 Å². The molecule has 1 aromatic carbocycles. The van der Waals surface area contributed by atoms with Gasteiger partial charge >= 0.3 is 0 Å². The van der Waals surface area contributed by atoms with E-state index >= 15 is 0 Å². The topological polar surface area (TPSA) is 98.1 Å². The van der Waals surface area contributed by atoms with Gasteiger partial charge in [0.05, 0.1) is 22.4 Å². The number of rotatable bonds is 6. The van der Waals surface area contributed by atoms with Gasteiger partial charge in [-0.25, -0.2) is 5.01 Å². The molecule has 3 heterocycles. The van der Waals surface area contributed by atoms with Gasteiger partial charge in [-0.15, -0.1) is 11.3 Å². The summed E-state index contributed by atoms with van der Waals surface area (Å²) in [4.78, 5) is 25.4. The molecule has 1 unspecified atom stereocenters. The van der Waals surface area contributed by atoms with Gasteiger partial charge in [-0.2, -0.15) is 5.10 Å². The number of hydrazone groups is 1. The summed E-state index contributed by atoms with van der Waals surface area (Å²) in [5.74, 6) is -0.0383. The van der Waals surface area contributed by atoms with Crippen LogP contribution in [0.25, 0.3) is 0 Å². The summed E-state index contributed by atoms with van der Waals surface area (Å²) in [5.41, 5.74) is 6.40. The van der Waals surface area contributed by atoms with Crippen LogP contribution in [0.1, 0.15) is 33.5 Å². The maximum atomic E-state index is 12.9. The highest BCUT2D eigenvalue weighted by Crippen LogP contribution is 2.34. The van der Waals surface area contributed by atoms with Crippen molar-refractivity contribution in [1.82, 2.24) is 5.01 Å². The number of benzene rings is 1. The fraction of sp³-hybridized carbons (Fsp3) is 0.150. The van der Waals surface area contributed by atoms with Crippen LogP contribution >= 0.6 is 11.3 Å². The van der Waals surface area contributed by atoms with Crippen LogP contribution in [0.5, 0.6) is 5.75 Å². The van der Waals surface area contributed by atoms with E-state index in [2.05, 4.69) is 5.10 Å². The number of primary amides is 1. The third-order valence-corrected chi connectivity index (χ3v) is 5.27. The molecule has 0 saturated carbocycles. The zero-order valence-corrected chi connectivity index (χ0v) is 15.6. The largest absolute Gasteiger partial charge is 0.483 e. The van der Waals surface area contributed by atoms with Crippen LogP contribution in [0.4, 0.5) is 0 Å². The number of hydrogen-bond donors (Lipinski definition) is 1. The van der Waals surface area contributed by atoms with Crippen molar-refractivity contribution in [2.75, 3.05) is 6.61 Å². The van der Waals surface area contributed by atoms with E-state index < -0.39 is 5.91 Å². The lowest BCUT2D eigenvalue weighted by atomic mass is 10.1. The molecule has 7 nitrogen and oxygen atoms in total. The molecular weight excluding hydrogens is 378 g/mol. The van der Waals surface area contributed by atoms with Gasteiger partial charge in [0.2, 0.25) is 0 Å². The molecule has 2 aromatic heterocycles. The molecule has 2 amide bonds. The number of furan rings is 1. The van der Waals surface area contributed by atoms with Gasteiger partial charge in [0.25, 0.3) is 11.8 Å². The zero-order chi connectivity index (χ0) is 19.5. The summed E-state index contributed by atoms with van der Waals surface area (Å²) in [6.07, 6.45) is 2.12. The zero-order valence-electron chi connectivity index (χ0n) is 14.8. The monoisotopic (exact) mass is 395 g/mol. The van der Waals surface area contributed by atoms with Crippen molar-refractivity contribution in [1.29, 1.82) is 0 Å². The molecule has 2 N–H and O–H groups in total. The third kappa shape index (κ3) is 3.54. The Bertz CT molecular complexity index is 1010. The second-order valence-electron chi connectivity index (χ2n) is 6.15. The van der Waals surface area contributed by atoms with Crippen LogP contribution in [-0.4, -0.2) is 29.1 Å². The van der Waals surface area contributed by atoms with Crippen LogP contribution in [0, 0.1) is 0 Å². The summed E-state index contributed by atoms with van der Waals surface area (Å²) in [6, 6.07) is 13.7. The number of thiophene rings is 1. The van der Waals surface area contributed by atoms with Crippen molar-refractivity contribution in [2.45, 2.75) is 12.5 Å². The summed E-state index contributed by atoms with van der Waals surface area (Å²) in [6.45, 7) is -0.275. The van der Waals surface area contributed by atoms with Crippen molar-refractivity contribution < 1.29 is 18.7 Å². The van der Waals surface area contributed by atoms with E-state index in [9.17, 15) is 9.59 Å². The Morgan fingerprint density at radius 1 is 1.21 bits per heavy atom. The minimum absolute atomic E-state index is 0.224. The van der Waals surface area contributed by atoms with Crippen LogP contribution in [-0.2, 0) is 4.79 Å². The highest BCUT2D eigenvalue weighted by Gasteiger charge is 2.35. The number of carbonyl (C=O) groups excluding carboxylic acids is 2. The second kappa shape index (κ2) is 7.69. The minimum Gasteiger partial charge on any atom is -0.483 e. The van der Waals surface area contributed by atoms with Crippen molar-refractivity contribution >= 4 is 28.9 Å². The molecule has 4 rings (SSSR count). The molecular formula is C20H17N3O4S. The number of nitrogens with two attached hydrogens (primary N) is 1. The standard InChI is InChI=1S/C20H17N3O4S/c21-20(25)13-5-1-2-6-16(13)27-12-19(24)23-15(17-7-3-9-26-17)11-14(22-23)18-8-4-10-28-18/h1-10,15H,11-12H2,(H2,21,25). The normalized spacial score (nSPS) is 16.1. The average molecular weight is 395 g/mol. The van der Waals surface area contributed by atoms with E-state index in [-0.39, 0.29) is 29.9 Å². The molecule has 142 valence electrons. The summed E-state index contributed by atoms with van der Waals surface area (Å²) in [7, 11) is 0. The molecule has 1 aliphatic heterocycles. The molecule has 28 heavy (non-hydrogen) atoms. The van der Waals surface area contributed by atoms with Crippen molar-refractivity contribution in [2.24, 2.45) is 10.8 Å². The molecule has 8 heteroatoms. The molecule has 1 atom stereocenters. The second-order valence-corrected chi connectivity index (χ2v) is 7.09. The van der Waals surface area contributed by atoms with Crippen LogP contribution in [0.3, 0.4) is 0 Å². The minimum atomic E-state index is -0.615. The Balaban J connectivity index is 1.55. The Morgan fingerprint density at radius 2 is 2.07 bits per heavy atom. The van der Waals surface area contributed by atoms with Gasteiger partial charge in [-0.05, 0) is 35.7 Å². The fourth-order valence-corrected chi connectivity index (χ4v) is 3.76. The van der Waals surface area contributed by atoms with Gasteiger partial charge < -0.3 is 14.9 Å². The molecule has 0 aliphatic carbocycles. The maximum Gasteiger partial charge on any atom is 0.281 e. The van der Waals surface area contributed by atoms with Gasteiger partial charge in [-0.1, -0.05) is 18.2 Å². The van der Waals surface area contributed by atoms with E-state index in [1.807, 2.05) is 23.6 Å². The lowest BCUT2D eigenvalue weighted by Gasteiger charge is -2.20. The first kappa shape index (κ1) is 18.0. The summed E-state index contributed by atoms with van der Waals surface area (Å²) >= 11 is 1.57. The third-order valence-electron chi connectivity index (χ3n) is 4.35. The summed E-state index contributed by atoms with van der Waals surface area (Å²) < 4.78 is 11.1. The molecule has 0 fully saturated rings. The van der Waals surface area contributed by atoms with Crippen molar-refractivity contribution in [3.63, 3.8) is 0 Å². The highest BCUT2D eigenvalue weighted by molar-refractivity contribution is 7.12. The average Bonchev–Trinajstić information content (AvgIpc) is 3.46. The molecule has 0 radical (unpaired) electrons. The lowest BCUT2D eigenvalue weighted by molar-refractivity contribution is -0.135. The number of para-hydroxylation sites is 1. The van der Waals surface area contributed by atoms with E-state index in [1.165, 1.54) is 5.01 Å². The predicted molar refractivity (Wildman–Crippen MR) is 104 cm³/mol. The van der Waals surface area contributed by atoms with Crippen molar-refractivity contribution in [3.05, 3.63) is 76.4 Å². The lowest BCUT2D eigenvalue weighted by Crippen LogP contribution is -2.31. The summed E-state index contributed by atoms with van der Waals surface area (Å²) in [5, 5.41) is 7.87. The van der Waals surface area contributed by atoms with E-state index in [1.54, 1.807) is 47.9 Å². The SMILES string of the molecule is NC(=O)c1ccccc1OCC(=O)N1N=C(c2cccs2)CC1c1ccco1. The highest BCUT2D eigenvalue weighted by atomic mass is 32.1. The fourth-order valence-electron chi connectivity index (χ4n) is 3.04. The number of nitrogens with zero attached hydrogens (tertiary/aromatic N) is 2. The van der Waals surface area contributed by atoms with E-state index in [0.717, 1.165) is 10.6 Å². The Kier molecular flexibility index (Phi) is 4.94. The number of carbonyl (C=O) groups is 2. The first-order valence-corrected chi connectivity index (χ1v) is 9.50. The van der Waals surface area contributed by atoms with E-state index in [0.29, 0.717) is 12.2 Å². The molecule has 0 bridgehead atoms. The molecule has 0 spiro atoms. The number of amides is 2. The Labute approximate surface area is 165 Å². The molecule has 1 aliphatic rings. The first-order valence-electron chi connectivity index (χ1n) is 8.62. The van der Waals surface area contributed by atoms with Crippen LogP contribution in [0.2, 0.25) is 0 Å². The van der Waals surface area contributed by atoms with Gasteiger partial charge in [0.1, 0.15) is 17.6 Å². The van der Waals surface area contributed by atoms with Gasteiger partial charge in [-0.3, -0.25) is 9.59 Å². The molecule has 0 saturated heterocycles. The maximum absolute atomic E-state index is 12.9. The first-order chi connectivity index (χ1) is 13.6. The van der Waals surface area contributed by atoms with Crippen LogP contribution < -0.4 is 10.5 Å². The number of ether oxygens (including phenoxy) is 1. The smallest absolute Gasteiger partial charge is 0.281 e. The van der Waals surface area contributed by atoms with Gasteiger partial charge in [0, 0.05) is 6.42 Å². The quantitative estimate of drug-likeness (QED) is 0.693. The van der Waals surface area contributed by atoms with Crippen molar-refractivity contribution in [3.8, 4) is 5.75 Å². The Morgan fingerprint density at radius 3 is 2.79 bits per heavy atom. The number of hydrogen-bond acceptors (Lipinski definition) is 6. The van der Waals surface area contributed by atoms with Gasteiger partial charge in [0.15, 0.2) is 6.61 Å². The Hall–Kier alpha value is -3.39. The predicted octanol–water partition coefficient (Wildman–Crippen LogP) is 3.20.